The highest BCUT2D eigenvalue weighted by Gasteiger charge is 1.97. The Bertz CT molecular complexity index is 88.9. The Balaban J connectivity index is 3.08. The molecule has 8 heavy (non-hydrogen) atoms. The number of nitrogens with zero attached hydrogens (tertiary/aromatic N) is 1. The van der Waals surface area contributed by atoms with Crippen molar-refractivity contribution in [3.05, 3.63) is 0 Å². The normalized spacial score (nSPS) is 12.6. The molecule has 0 aliphatic carbocycles. The summed E-state index contributed by atoms with van der Waals surface area (Å²) in [6.07, 6.45) is 0. The lowest BCUT2D eigenvalue weighted by molar-refractivity contribution is 0.203. The standard InChI is InChI=1S/C5H9NOS/c1-5(3-7-2)8-4-6/h5H,3H2,1-2H3. The van der Waals surface area contributed by atoms with E-state index in [0.29, 0.717) is 11.9 Å². The van der Waals surface area contributed by atoms with Gasteiger partial charge in [-0.2, -0.15) is 5.26 Å². The van der Waals surface area contributed by atoms with Gasteiger partial charge in [-0.15, -0.1) is 0 Å². The van der Waals surface area contributed by atoms with Crippen LogP contribution in [0, 0.1) is 10.7 Å². The van der Waals surface area contributed by atoms with Crippen LogP contribution in [-0.4, -0.2) is 19.0 Å². The molecule has 0 aromatic carbocycles. The molecule has 1 atom stereocenters. The Labute approximate surface area is 53.8 Å². The predicted octanol–water partition coefficient (Wildman–Crippen LogP) is 1.24. The van der Waals surface area contributed by atoms with Crippen LogP contribution in [0.25, 0.3) is 0 Å². The second kappa shape index (κ2) is 4.95. The smallest absolute Gasteiger partial charge is 0.133 e. The van der Waals surface area contributed by atoms with E-state index in [1.165, 1.54) is 11.8 Å². The molecule has 0 N–H and O–H groups in total. The molecule has 0 aliphatic heterocycles. The van der Waals surface area contributed by atoms with E-state index in [4.69, 9.17) is 10.00 Å². The van der Waals surface area contributed by atoms with E-state index < -0.39 is 0 Å². The highest BCUT2D eigenvalue weighted by molar-refractivity contribution is 8.04. The second-order valence-electron chi connectivity index (χ2n) is 1.48. The minimum atomic E-state index is 0.296. The summed E-state index contributed by atoms with van der Waals surface area (Å²) < 4.78 is 4.78. The van der Waals surface area contributed by atoms with Gasteiger partial charge in [0.2, 0.25) is 0 Å². The first-order valence-electron chi connectivity index (χ1n) is 2.35. The predicted molar refractivity (Wildman–Crippen MR) is 34.5 cm³/mol. The summed E-state index contributed by atoms with van der Waals surface area (Å²) in [6, 6.07) is 0. The van der Waals surface area contributed by atoms with Crippen molar-refractivity contribution < 1.29 is 4.74 Å². The van der Waals surface area contributed by atoms with Gasteiger partial charge in [0.25, 0.3) is 0 Å². The molecular formula is C5H9NOS. The van der Waals surface area contributed by atoms with Gasteiger partial charge in [-0.05, 0) is 11.8 Å². The van der Waals surface area contributed by atoms with E-state index in [2.05, 4.69) is 0 Å². The molecule has 0 heterocycles. The number of methoxy groups -OCH3 is 1. The zero-order chi connectivity index (χ0) is 6.41. The van der Waals surface area contributed by atoms with Crippen molar-refractivity contribution in [3.63, 3.8) is 0 Å². The third kappa shape index (κ3) is 3.97. The summed E-state index contributed by atoms with van der Waals surface area (Å²) in [6.45, 7) is 2.61. The highest BCUT2D eigenvalue weighted by Crippen LogP contribution is 2.06. The van der Waals surface area contributed by atoms with Gasteiger partial charge in [0, 0.05) is 12.4 Å². The minimum Gasteiger partial charge on any atom is -0.384 e. The molecule has 0 spiro atoms. The van der Waals surface area contributed by atoms with Crippen molar-refractivity contribution in [1.82, 2.24) is 0 Å². The van der Waals surface area contributed by atoms with Gasteiger partial charge in [-0.1, -0.05) is 6.92 Å². The van der Waals surface area contributed by atoms with Crippen molar-refractivity contribution in [1.29, 1.82) is 5.26 Å². The monoisotopic (exact) mass is 131 g/mol. The first-order valence-corrected chi connectivity index (χ1v) is 3.23. The van der Waals surface area contributed by atoms with Crippen LogP contribution >= 0.6 is 11.8 Å². The molecule has 2 nitrogen and oxygen atoms in total. The molecule has 0 aromatic heterocycles. The van der Waals surface area contributed by atoms with Gasteiger partial charge in [-0.25, -0.2) is 0 Å². The Morgan fingerprint density at radius 3 is 2.88 bits per heavy atom. The molecule has 1 unspecified atom stereocenters. The maximum atomic E-state index is 8.12. The topological polar surface area (TPSA) is 33.0 Å². The highest BCUT2D eigenvalue weighted by atomic mass is 32.2. The van der Waals surface area contributed by atoms with E-state index in [1.807, 2.05) is 12.3 Å². The molecule has 0 saturated carbocycles. The number of ether oxygens (including phenoxy) is 1. The molecule has 0 rings (SSSR count). The fourth-order valence-corrected chi connectivity index (χ4v) is 0.743. The maximum absolute atomic E-state index is 8.12. The Morgan fingerprint density at radius 1 is 1.88 bits per heavy atom. The molecule has 0 aromatic rings. The average molecular weight is 131 g/mol. The summed E-state index contributed by atoms with van der Waals surface area (Å²) in [4.78, 5) is 0. The quantitative estimate of drug-likeness (QED) is 0.540. The molecule has 0 fully saturated rings. The van der Waals surface area contributed by atoms with Crippen LogP contribution in [-0.2, 0) is 4.74 Å². The summed E-state index contributed by atoms with van der Waals surface area (Å²) in [5.41, 5.74) is 0. The average Bonchev–Trinajstić information content (AvgIpc) is 1.68. The van der Waals surface area contributed by atoms with Crippen molar-refractivity contribution in [2.45, 2.75) is 12.2 Å². The first-order chi connectivity index (χ1) is 3.81. The minimum absolute atomic E-state index is 0.296. The van der Waals surface area contributed by atoms with Crippen LogP contribution in [0.15, 0.2) is 0 Å². The molecule has 0 saturated heterocycles. The zero-order valence-corrected chi connectivity index (χ0v) is 5.86. The lowest BCUT2D eigenvalue weighted by atomic mass is 10.5. The molecule has 0 bridgehead atoms. The number of nitriles is 1. The van der Waals surface area contributed by atoms with Gasteiger partial charge < -0.3 is 4.74 Å². The Morgan fingerprint density at radius 2 is 2.50 bits per heavy atom. The summed E-state index contributed by atoms with van der Waals surface area (Å²) >= 11 is 1.24. The van der Waals surface area contributed by atoms with E-state index in [9.17, 15) is 0 Å². The summed E-state index contributed by atoms with van der Waals surface area (Å²) in [5.74, 6) is 0. The molecule has 3 heteroatoms. The molecular weight excluding hydrogens is 122 g/mol. The Kier molecular flexibility index (Phi) is 4.82. The maximum Gasteiger partial charge on any atom is 0.133 e. The van der Waals surface area contributed by atoms with Gasteiger partial charge >= 0.3 is 0 Å². The molecule has 46 valence electrons. The molecule has 0 radical (unpaired) electrons. The van der Waals surface area contributed by atoms with Gasteiger partial charge in [0.05, 0.1) is 6.61 Å². The van der Waals surface area contributed by atoms with Crippen LogP contribution in [0.5, 0.6) is 0 Å². The zero-order valence-electron chi connectivity index (χ0n) is 5.05. The second-order valence-corrected chi connectivity index (χ2v) is 2.70. The van der Waals surface area contributed by atoms with Gasteiger partial charge in [0.1, 0.15) is 5.40 Å². The number of hydrogen-bond donors (Lipinski definition) is 0. The first kappa shape index (κ1) is 7.80. The lowest BCUT2D eigenvalue weighted by Gasteiger charge is -2.00. The third-order valence-corrected chi connectivity index (χ3v) is 1.30. The van der Waals surface area contributed by atoms with Crippen LogP contribution in [0.4, 0.5) is 0 Å². The van der Waals surface area contributed by atoms with Crippen LogP contribution in [0.1, 0.15) is 6.92 Å². The lowest BCUT2D eigenvalue weighted by Crippen LogP contribution is -2.03. The number of rotatable bonds is 3. The third-order valence-electron chi connectivity index (χ3n) is 0.655. The van der Waals surface area contributed by atoms with Crippen LogP contribution in [0.3, 0.4) is 0 Å². The fourth-order valence-electron chi connectivity index (χ4n) is 0.359. The van der Waals surface area contributed by atoms with E-state index >= 15 is 0 Å². The van der Waals surface area contributed by atoms with Gasteiger partial charge in [0.15, 0.2) is 0 Å². The summed E-state index contributed by atoms with van der Waals surface area (Å²) in [5, 5.41) is 10.4. The van der Waals surface area contributed by atoms with E-state index in [0.717, 1.165) is 0 Å². The Hall–Kier alpha value is -0.200. The van der Waals surface area contributed by atoms with Crippen molar-refractivity contribution in [2.75, 3.05) is 13.7 Å². The van der Waals surface area contributed by atoms with Crippen molar-refractivity contribution in [3.8, 4) is 5.40 Å². The van der Waals surface area contributed by atoms with Crippen molar-refractivity contribution in [2.24, 2.45) is 0 Å². The molecule has 0 amide bonds. The van der Waals surface area contributed by atoms with E-state index in [-0.39, 0.29) is 0 Å². The SMILES string of the molecule is COCC(C)SC#N. The van der Waals surface area contributed by atoms with E-state index in [1.54, 1.807) is 7.11 Å². The fraction of sp³-hybridized carbons (Fsp3) is 0.800. The number of thioether (sulfide) groups is 1. The summed E-state index contributed by atoms with van der Waals surface area (Å²) in [7, 11) is 1.63. The van der Waals surface area contributed by atoms with Gasteiger partial charge in [-0.3, -0.25) is 0 Å². The van der Waals surface area contributed by atoms with Crippen LogP contribution < -0.4 is 0 Å². The van der Waals surface area contributed by atoms with Crippen LogP contribution in [0.2, 0.25) is 0 Å². The largest absolute Gasteiger partial charge is 0.384 e. The molecule has 0 aliphatic rings. The number of hydrogen-bond acceptors (Lipinski definition) is 3. The number of thiocyanates is 1. The van der Waals surface area contributed by atoms with Crippen molar-refractivity contribution >= 4 is 11.8 Å².